The molecule has 1 rings (SSSR count). The summed E-state index contributed by atoms with van der Waals surface area (Å²) in [6.07, 6.45) is 2.68. The van der Waals surface area contributed by atoms with E-state index in [1.54, 1.807) is 13.3 Å². The number of pyridine rings is 1. The average Bonchev–Trinajstić information content (AvgIpc) is 2.45. The summed E-state index contributed by atoms with van der Waals surface area (Å²) in [5.41, 5.74) is 1.17. The fourth-order valence-corrected chi connectivity index (χ4v) is 1.57. The van der Waals surface area contributed by atoms with Crippen molar-refractivity contribution in [1.29, 1.82) is 0 Å². The standard InChI is InChI=1S/C15H26N2O3/c1-13(2)17-12-14-5-6-16-15(11-14)20-10-9-19-8-4-7-18-3/h5-6,11,13,17H,4,7-10,12H2,1-3H3. The molecule has 0 amide bonds. The van der Waals surface area contributed by atoms with Gasteiger partial charge >= 0.3 is 0 Å². The van der Waals surface area contributed by atoms with Crippen molar-refractivity contribution in [2.24, 2.45) is 0 Å². The summed E-state index contributed by atoms with van der Waals surface area (Å²) in [6, 6.07) is 4.41. The monoisotopic (exact) mass is 282 g/mol. The quantitative estimate of drug-likeness (QED) is 0.629. The van der Waals surface area contributed by atoms with E-state index in [1.165, 1.54) is 5.56 Å². The zero-order valence-corrected chi connectivity index (χ0v) is 12.7. The number of nitrogens with one attached hydrogen (secondary N) is 1. The number of hydrogen-bond donors (Lipinski definition) is 1. The highest BCUT2D eigenvalue weighted by molar-refractivity contribution is 5.20. The van der Waals surface area contributed by atoms with Crippen LogP contribution in [0.3, 0.4) is 0 Å². The van der Waals surface area contributed by atoms with Gasteiger partial charge in [-0.05, 0) is 18.1 Å². The molecule has 0 fully saturated rings. The maximum Gasteiger partial charge on any atom is 0.213 e. The van der Waals surface area contributed by atoms with Gasteiger partial charge in [0.15, 0.2) is 0 Å². The molecule has 0 spiro atoms. The Morgan fingerprint density at radius 1 is 1.20 bits per heavy atom. The Hall–Kier alpha value is -1.17. The van der Waals surface area contributed by atoms with E-state index in [9.17, 15) is 0 Å². The molecular formula is C15H26N2O3. The van der Waals surface area contributed by atoms with Crippen LogP contribution in [-0.4, -0.2) is 44.6 Å². The molecule has 0 aliphatic rings. The average molecular weight is 282 g/mol. The number of ether oxygens (including phenoxy) is 3. The first-order valence-electron chi connectivity index (χ1n) is 7.10. The molecule has 0 unspecified atom stereocenters. The zero-order valence-electron chi connectivity index (χ0n) is 12.7. The second-order valence-electron chi connectivity index (χ2n) is 4.85. The third-order valence-corrected chi connectivity index (χ3v) is 2.63. The highest BCUT2D eigenvalue weighted by Gasteiger charge is 2.00. The minimum absolute atomic E-state index is 0.466. The molecule has 0 atom stereocenters. The largest absolute Gasteiger partial charge is 0.475 e. The van der Waals surface area contributed by atoms with Gasteiger partial charge in [-0.15, -0.1) is 0 Å². The van der Waals surface area contributed by atoms with Crippen molar-refractivity contribution in [3.8, 4) is 5.88 Å². The van der Waals surface area contributed by atoms with Gasteiger partial charge in [-0.3, -0.25) is 0 Å². The van der Waals surface area contributed by atoms with Crippen LogP contribution in [0.5, 0.6) is 5.88 Å². The van der Waals surface area contributed by atoms with Crippen LogP contribution < -0.4 is 10.1 Å². The molecule has 5 heteroatoms. The molecule has 0 radical (unpaired) electrons. The minimum Gasteiger partial charge on any atom is -0.475 e. The minimum atomic E-state index is 0.466. The van der Waals surface area contributed by atoms with E-state index in [2.05, 4.69) is 24.1 Å². The van der Waals surface area contributed by atoms with Gasteiger partial charge in [0, 0.05) is 45.2 Å². The Kier molecular flexibility index (Phi) is 8.95. The number of rotatable bonds is 11. The smallest absolute Gasteiger partial charge is 0.213 e. The fourth-order valence-electron chi connectivity index (χ4n) is 1.57. The van der Waals surface area contributed by atoms with Crippen LogP contribution in [0, 0.1) is 0 Å². The molecule has 20 heavy (non-hydrogen) atoms. The van der Waals surface area contributed by atoms with Gasteiger partial charge < -0.3 is 19.5 Å². The lowest BCUT2D eigenvalue weighted by molar-refractivity contribution is 0.0795. The maximum absolute atomic E-state index is 5.56. The summed E-state index contributed by atoms with van der Waals surface area (Å²) in [6.45, 7) is 7.58. The van der Waals surface area contributed by atoms with Gasteiger partial charge in [-0.25, -0.2) is 4.98 Å². The molecule has 1 heterocycles. The second-order valence-corrected chi connectivity index (χ2v) is 4.85. The molecule has 0 aromatic carbocycles. The number of methoxy groups -OCH3 is 1. The summed E-state index contributed by atoms with van der Waals surface area (Å²) in [5.74, 6) is 0.647. The predicted molar refractivity (Wildman–Crippen MR) is 79.0 cm³/mol. The summed E-state index contributed by atoms with van der Waals surface area (Å²) in [7, 11) is 1.69. The van der Waals surface area contributed by atoms with Crippen LogP contribution in [0.4, 0.5) is 0 Å². The number of nitrogens with zero attached hydrogens (tertiary/aromatic N) is 1. The molecule has 1 aromatic heterocycles. The van der Waals surface area contributed by atoms with Crippen LogP contribution in [0.2, 0.25) is 0 Å². The zero-order chi connectivity index (χ0) is 14.6. The molecule has 1 aromatic rings. The predicted octanol–water partition coefficient (Wildman–Crippen LogP) is 2.01. The van der Waals surface area contributed by atoms with Gasteiger partial charge in [-0.2, -0.15) is 0 Å². The summed E-state index contributed by atoms with van der Waals surface area (Å²) in [5, 5.41) is 3.37. The first-order chi connectivity index (χ1) is 9.72. The Morgan fingerprint density at radius 3 is 2.80 bits per heavy atom. The first-order valence-corrected chi connectivity index (χ1v) is 7.10. The molecule has 0 bridgehead atoms. The van der Waals surface area contributed by atoms with Crippen LogP contribution in [-0.2, 0) is 16.0 Å². The second kappa shape index (κ2) is 10.6. The van der Waals surface area contributed by atoms with Crippen LogP contribution >= 0.6 is 0 Å². The van der Waals surface area contributed by atoms with E-state index in [0.29, 0.717) is 31.7 Å². The lowest BCUT2D eigenvalue weighted by atomic mass is 10.2. The van der Waals surface area contributed by atoms with E-state index in [0.717, 1.165) is 19.6 Å². The van der Waals surface area contributed by atoms with Gasteiger partial charge in [0.25, 0.3) is 0 Å². The van der Waals surface area contributed by atoms with Gasteiger partial charge in [0.05, 0.1) is 6.61 Å². The van der Waals surface area contributed by atoms with Crippen molar-refractivity contribution < 1.29 is 14.2 Å². The normalized spacial score (nSPS) is 11.0. The lowest BCUT2D eigenvalue weighted by Gasteiger charge is -2.10. The van der Waals surface area contributed by atoms with Crippen molar-refractivity contribution >= 4 is 0 Å². The lowest BCUT2D eigenvalue weighted by Crippen LogP contribution is -2.21. The molecule has 0 saturated carbocycles. The highest BCUT2D eigenvalue weighted by atomic mass is 16.5. The number of hydrogen-bond acceptors (Lipinski definition) is 5. The molecule has 114 valence electrons. The Labute approximate surface area is 121 Å². The molecule has 0 saturated heterocycles. The fraction of sp³-hybridized carbons (Fsp3) is 0.667. The third kappa shape index (κ3) is 8.09. The van der Waals surface area contributed by atoms with Crippen LogP contribution in [0.25, 0.3) is 0 Å². The Bertz CT molecular complexity index is 359. The Morgan fingerprint density at radius 2 is 2.05 bits per heavy atom. The van der Waals surface area contributed by atoms with E-state index in [4.69, 9.17) is 14.2 Å². The highest BCUT2D eigenvalue weighted by Crippen LogP contribution is 2.09. The van der Waals surface area contributed by atoms with Crippen molar-refractivity contribution in [2.75, 3.05) is 33.5 Å². The van der Waals surface area contributed by atoms with E-state index in [-0.39, 0.29) is 0 Å². The molecule has 1 N–H and O–H groups in total. The topological polar surface area (TPSA) is 52.6 Å². The third-order valence-electron chi connectivity index (χ3n) is 2.63. The van der Waals surface area contributed by atoms with Crippen LogP contribution in [0.15, 0.2) is 18.3 Å². The van der Waals surface area contributed by atoms with Gasteiger partial charge in [-0.1, -0.05) is 13.8 Å². The Balaban J connectivity index is 2.18. The summed E-state index contributed by atoms with van der Waals surface area (Å²) < 4.78 is 15.9. The first kappa shape index (κ1) is 16.9. The maximum atomic E-state index is 5.56. The van der Waals surface area contributed by atoms with E-state index >= 15 is 0 Å². The molecule has 0 aliphatic heterocycles. The van der Waals surface area contributed by atoms with E-state index in [1.807, 2.05) is 12.1 Å². The van der Waals surface area contributed by atoms with Crippen molar-refractivity contribution in [1.82, 2.24) is 10.3 Å². The van der Waals surface area contributed by atoms with Crippen molar-refractivity contribution in [3.63, 3.8) is 0 Å². The summed E-state index contributed by atoms with van der Waals surface area (Å²) in [4.78, 5) is 4.19. The van der Waals surface area contributed by atoms with Crippen molar-refractivity contribution in [3.05, 3.63) is 23.9 Å². The summed E-state index contributed by atoms with van der Waals surface area (Å²) >= 11 is 0. The molecule has 0 aliphatic carbocycles. The van der Waals surface area contributed by atoms with Crippen LogP contribution in [0.1, 0.15) is 25.8 Å². The SMILES string of the molecule is COCCCOCCOc1cc(CNC(C)C)ccn1. The molecule has 5 nitrogen and oxygen atoms in total. The van der Waals surface area contributed by atoms with Gasteiger partial charge in [0.2, 0.25) is 5.88 Å². The number of aromatic nitrogens is 1. The van der Waals surface area contributed by atoms with E-state index < -0.39 is 0 Å². The van der Waals surface area contributed by atoms with Gasteiger partial charge in [0.1, 0.15) is 6.61 Å². The molecular weight excluding hydrogens is 256 g/mol. The van der Waals surface area contributed by atoms with Crippen molar-refractivity contribution in [2.45, 2.75) is 32.9 Å².